The highest BCUT2D eigenvalue weighted by atomic mass is 32.1. The van der Waals surface area contributed by atoms with Crippen LogP contribution < -0.4 is 5.32 Å². The summed E-state index contributed by atoms with van der Waals surface area (Å²) in [7, 11) is 3.87. The van der Waals surface area contributed by atoms with E-state index in [1.807, 2.05) is 18.8 Å². The zero-order valence-electron chi connectivity index (χ0n) is 7.38. The number of nitrogens with zero attached hydrogens (tertiary/aromatic N) is 2. The van der Waals surface area contributed by atoms with Crippen LogP contribution in [0.1, 0.15) is 4.88 Å². The van der Waals surface area contributed by atoms with E-state index >= 15 is 0 Å². The molecule has 0 saturated heterocycles. The highest BCUT2D eigenvalue weighted by Crippen LogP contribution is 2.29. The van der Waals surface area contributed by atoms with E-state index in [9.17, 15) is 0 Å². The fourth-order valence-corrected chi connectivity index (χ4v) is 2.27. The van der Waals surface area contributed by atoms with Gasteiger partial charge in [-0.2, -0.15) is 5.10 Å². The molecule has 0 atom stereocenters. The largest absolute Gasteiger partial charge is 0.371 e. The first kappa shape index (κ1) is 7.61. The number of thiophene rings is 1. The molecule has 2 aromatic heterocycles. The molecular weight excluding hydrogens is 170 g/mol. The lowest BCUT2D eigenvalue weighted by Gasteiger charge is -1.90. The SMILES string of the molecule is CNc1nn(C)c2sc(C)cc12. The fourth-order valence-electron chi connectivity index (χ4n) is 1.35. The average molecular weight is 181 g/mol. The van der Waals surface area contributed by atoms with Crippen molar-refractivity contribution in [3.63, 3.8) is 0 Å². The summed E-state index contributed by atoms with van der Waals surface area (Å²) in [6, 6.07) is 2.17. The molecule has 0 aliphatic carbocycles. The molecule has 0 aromatic carbocycles. The standard InChI is InChI=1S/C8H11N3S/c1-5-4-6-7(9-2)10-11(3)8(6)12-5/h4H,1-3H3,(H,9,10). The highest BCUT2D eigenvalue weighted by Gasteiger charge is 2.08. The minimum atomic E-state index is 0.969. The molecule has 12 heavy (non-hydrogen) atoms. The van der Waals surface area contributed by atoms with Crippen molar-refractivity contribution in [1.82, 2.24) is 9.78 Å². The lowest BCUT2D eigenvalue weighted by molar-refractivity contribution is 0.805. The predicted octanol–water partition coefficient (Wildman–Crippen LogP) is 1.98. The minimum absolute atomic E-state index is 0.969. The zero-order chi connectivity index (χ0) is 8.72. The van der Waals surface area contributed by atoms with Crippen molar-refractivity contribution in [1.29, 1.82) is 0 Å². The van der Waals surface area contributed by atoms with Crippen LogP contribution in [0.3, 0.4) is 0 Å². The maximum Gasteiger partial charge on any atom is 0.156 e. The third-order valence-electron chi connectivity index (χ3n) is 1.87. The Bertz CT molecular complexity index is 413. The number of aromatic nitrogens is 2. The van der Waals surface area contributed by atoms with Gasteiger partial charge in [-0.3, -0.25) is 4.68 Å². The Morgan fingerprint density at radius 3 is 3.00 bits per heavy atom. The van der Waals surface area contributed by atoms with E-state index in [0.29, 0.717) is 0 Å². The topological polar surface area (TPSA) is 29.9 Å². The molecule has 1 N–H and O–H groups in total. The van der Waals surface area contributed by atoms with Crippen LogP contribution in [0.15, 0.2) is 6.07 Å². The maximum absolute atomic E-state index is 4.33. The van der Waals surface area contributed by atoms with Gasteiger partial charge in [0, 0.05) is 19.0 Å². The molecule has 2 aromatic rings. The minimum Gasteiger partial charge on any atom is -0.371 e. The Kier molecular flexibility index (Phi) is 1.58. The van der Waals surface area contributed by atoms with Gasteiger partial charge in [0.1, 0.15) is 4.83 Å². The normalized spacial score (nSPS) is 10.9. The zero-order valence-corrected chi connectivity index (χ0v) is 8.20. The number of aryl methyl sites for hydroxylation is 2. The number of nitrogens with one attached hydrogen (secondary N) is 1. The number of rotatable bonds is 1. The smallest absolute Gasteiger partial charge is 0.156 e. The van der Waals surface area contributed by atoms with E-state index in [0.717, 1.165) is 5.82 Å². The van der Waals surface area contributed by atoms with Crippen LogP contribution in [0, 0.1) is 6.92 Å². The molecule has 64 valence electrons. The third kappa shape index (κ3) is 0.914. The van der Waals surface area contributed by atoms with Crippen molar-refractivity contribution in [2.24, 2.45) is 7.05 Å². The van der Waals surface area contributed by atoms with Gasteiger partial charge in [-0.1, -0.05) is 0 Å². The van der Waals surface area contributed by atoms with E-state index < -0.39 is 0 Å². The molecule has 4 heteroatoms. The Morgan fingerprint density at radius 2 is 2.33 bits per heavy atom. The molecule has 0 bridgehead atoms. The van der Waals surface area contributed by atoms with Crippen LogP contribution in [-0.2, 0) is 7.05 Å². The van der Waals surface area contributed by atoms with E-state index in [-0.39, 0.29) is 0 Å². The first-order valence-electron chi connectivity index (χ1n) is 3.83. The van der Waals surface area contributed by atoms with Crippen LogP contribution in [0.5, 0.6) is 0 Å². The molecule has 0 saturated carbocycles. The molecule has 0 radical (unpaired) electrons. The Hall–Kier alpha value is -1.03. The molecule has 0 amide bonds. The van der Waals surface area contributed by atoms with Gasteiger partial charge >= 0.3 is 0 Å². The quantitative estimate of drug-likeness (QED) is 0.729. The number of fused-ring (bicyclic) bond motifs is 1. The number of hydrogen-bond donors (Lipinski definition) is 1. The summed E-state index contributed by atoms with van der Waals surface area (Å²) in [5.41, 5.74) is 0. The Labute approximate surface area is 75.0 Å². The lowest BCUT2D eigenvalue weighted by Crippen LogP contribution is -1.92. The second-order valence-corrected chi connectivity index (χ2v) is 4.03. The van der Waals surface area contributed by atoms with Crippen molar-refractivity contribution in [3.05, 3.63) is 10.9 Å². The Balaban J connectivity index is 2.79. The van der Waals surface area contributed by atoms with E-state index in [1.165, 1.54) is 15.1 Å². The van der Waals surface area contributed by atoms with Gasteiger partial charge in [-0.25, -0.2) is 0 Å². The summed E-state index contributed by atoms with van der Waals surface area (Å²) in [6.07, 6.45) is 0. The summed E-state index contributed by atoms with van der Waals surface area (Å²) in [6.45, 7) is 2.12. The average Bonchev–Trinajstić information content (AvgIpc) is 2.52. The lowest BCUT2D eigenvalue weighted by atomic mass is 10.4. The van der Waals surface area contributed by atoms with Gasteiger partial charge < -0.3 is 5.32 Å². The molecule has 0 aliphatic rings. The van der Waals surface area contributed by atoms with E-state index in [4.69, 9.17) is 0 Å². The van der Waals surface area contributed by atoms with Crippen molar-refractivity contribution in [2.75, 3.05) is 12.4 Å². The van der Waals surface area contributed by atoms with Crippen molar-refractivity contribution < 1.29 is 0 Å². The summed E-state index contributed by atoms with van der Waals surface area (Å²) < 4.78 is 1.92. The monoisotopic (exact) mass is 181 g/mol. The van der Waals surface area contributed by atoms with Crippen LogP contribution >= 0.6 is 11.3 Å². The highest BCUT2D eigenvalue weighted by molar-refractivity contribution is 7.18. The molecule has 0 unspecified atom stereocenters. The first-order valence-corrected chi connectivity index (χ1v) is 4.65. The van der Waals surface area contributed by atoms with Crippen LogP contribution in [0.25, 0.3) is 10.2 Å². The van der Waals surface area contributed by atoms with Crippen LogP contribution in [-0.4, -0.2) is 16.8 Å². The number of anilines is 1. The van der Waals surface area contributed by atoms with Crippen molar-refractivity contribution >= 4 is 27.4 Å². The predicted molar refractivity (Wildman–Crippen MR) is 52.9 cm³/mol. The molecule has 0 spiro atoms. The summed E-state index contributed by atoms with van der Waals surface area (Å²) in [4.78, 5) is 2.56. The first-order chi connectivity index (χ1) is 5.72. The van der Waals surface area contributed by atoms with E-state index in [1.54, 1.807) is 11.3 Å². The Morgan fingerprint density at radius 1 is 1.58 bits per heavy atom. The molecule has 2 heterocycles. The fraction of sp³-hybridized carbons (Fsp3) is 0.375. The van der Waals surface area contributed by atoms with Crippen LogP contribution in [0.4, 0.5) is 5.82 Å². The molecular formula is C8H11N3S. The number of hydrogen-bond acceptors (Lipinski definition) is 3. The van der Waals surface area contributed by atoms with Crippen molar-refractivity contribution in [3.8, 4) is 0 Å². The molecule has 0 aliphatic heterocycles. The second kappa shape index (κ2) is 2.48. The summed E-state index contributed by atoms with van der Waals surface area (Å²) in [5.74, 6) is 0.969. The molecule has 0 fully saturated rings. The van der Waals surface area contributed by atoms with E-state index in [2.05, 4.69) is 23.4 Å². The van der Waals surface area contributed by atoms with Gasteiger partial charge in [-0.05, 0) is 13.0 Å². The van der Waals surface area contributed by atoms with Gasteiger partial charge in [0.05, 0.1) is 5.39 Å². The summed E-state index contributed by atoms with van der Waals surface area (Å²) in [5, 5.41) is 8.63. The summed E-state index contributed by atoms with van der Waals surface area (Å²) >= 11 is 1.78. The third-order valence-corrected chi connectivity index (χ3v) is 2.99. The maximum atomic E-state index is 4.33. The second-order valence-electron chi connectivity index (χ2n) is 2.80. The van der Waals surface area contributed by atoms with Crippen molar-refractivity contribution in [2.45, 2.75) is 6.92 Å². The van der Waals surface area contributed by atoms with Gasteiger partial charge in [0.2, 0.25) is 0 Å². The molecule has 3 nitrogen and oxygen atoms in total. The van der Waals surface area contributed by atoms with Crippen LogP contribution in [0.2, 0.25) is 0 Å². The van der Waals surface area contributed by atoms with Gasteiger partial charge in [0.25, 0.3) is 0 Å². The molecule has 2 rings (SSSR count). The van der Waals surface area contributed by atoms with Gasteiger partial charge in [-0.15, -0.1) is 11.3 Å². The van der Waals surface area contributed by atoms with Gasteiger partial charge in [0.15, 0.2) is 5.82 Å².